The first kappa shape index (κ1) is 15.1. The number of aryl methyl sites for hydroxylation is 1. The maximum atomic E-state index is 5.63. The lowest BCUT2D eigenvalue weighted by Crippen LogP contribution is -2.14. The Morgan fingerprint density at radius 3 is 2.57 bits per heavy atom. The first-order valence-corrected chi connectivity index (χ1v) is 7.12. The molecule has 0 aliphatic heterocycles. The standard InChI is InChI=1S/C16H22N4O/c1-11(2)15-10-12(3)19-16(20-15)18-8-9-21-14-6-4-13(17)5-7-14/h4-7,10-11H,8-9,17H2,1-3H3,(H,18,19,20). The minimum Gasteiger partial charge on any atom is -0.492 e. The number of nitrogens with two attached hydrogens (primary N) is 1. The fourth-order valence-electron chi connectivity index (χ4n) is 1.86. The summed E-state index contributed by atoms with van der Waals surface area (Å²) in [6.45, 7) is 7.40. The molecular weight excluding hydrogens is 264 g/mol. The Balaban J connectivity index is 1.84. The monoisotopic (exact) mass is 286 g/mol. The molecule has 5 heteroatoms. The molecule has 2 rings (SSSR count). The molecule has 1 aromatic carbocycles. The lowest BCUT2D eigenvalue weighted by molar-refractivity contribution is 0.332. The number of rotatable bonds is 6. The van der Waals surface area contributed by atoms with Gasteiger partial charge in [-0.15, -0.1) is 0 Å². The molecule has 5 nitrogen and oxygen atoms in total. The summed E-state index contributed by atoms with van der Waals surface area (Å²) in [6.07, 6.45) is 0. The molecule has 0 aliphatic carbocycles. The van der Waals surface area contributed by atoms with Crippen LogP contribution in [0, 0.1) is 6.92 Å². The number of nitrogen functional groups attached to an aromatic ring is 1. The highest BCUT2D eigenvalue weighted by Gasteiger charge is 2.05. The minimum atomic E-state index is 0.387. The third-order valence-corrected chi connectivity index (χ3v) is 3.00. The molecule has 0 unspecified atom stereocenters. The van der Waals surface area contributed by atoms with E-state index in [1.807, 2.05) is 37.3 Å². The SMILES string of the molecule is Cc1cc(C(C)C)nc(NCCOc2ccc(N)cc2)n1. The minimum absolute atomic E-state index is 0.387. The Morgan fingerprint density at radius 1 is 1.19 bits per heavy atom. The lowest BCUT2D eigenvalue weighted by Gasteiger charge is -2.11. The van der Waals surface area contributed by atoms with Gasteiger partial charge in [0.25, 0.3) is 0 Å². The number of benzene rings is 1. The zero-order chi connectivity index (χ0) is 15.2. The number of ether oxygens (including phenoxy) is 1. The molecule has 0 spiro atoms. The van der Waals surface area contributed by atoms with Crippen molar-refractivity contribution in [3.8, 4) is 5.75 Å². The summed E-state index contributed by atoms with van der Waals surface area (Å²) >= 11 is 0. The number of anilines is 2. The Morgan fingerprint density at radius 2 is 1.90 bits per heavy atom. The van der Waals surface area contributed by atoms with Crippen LogP contribution in [0.15, 0.2) is 30.3 Å². The Hall–Kier alpha value is -2.30. The molecule has 0 radical (unpaired) electrons. The van der Waals surface area contributed by atoms with Crippen molar-refractivity contribution in [2.75, 3.05) is 24.2 Å². The summed E-state index contributed by atoms with van der Waals surface area (Å²) in [5.41, 5.74) is 8.37. The van der Waals surface area contributed by atoms with Gasteiger partial charge in [0.05, 0.1) is 6.54 Å². The van der Waals surface area contributed by atoms with Gasteiger partial charge < -0.3 is 15.8 Å². The number of nitrogens with zero attached hydrogens (tertiary/aromatic N) is 2. The van der Waals surface area contributed by atoms with Crippen molar-refractivity contribution in [1.29, 1.82) is 0 Å². The van der Waals surface area contributed by atoms with E-state index in [4.69, 9.17) is 10.5 Å². The summed E-state index contributed by atoms with van der Waals surface area (Å²) in [5.74, 6) is 1.84. The van der Waals surface area contributed by atoms with Gasteiger partial charge in [-0.25, -0.2) is 9.97 Å². The molecule has 2 aromatic rings. The summed E-state index contributed by atoms with van der Waals surface area (Å²) < 4.78 is 5.62. The predicted molar refractivity (Wildman–Crippen MR) is 85.7 cm³/mol. The van der Waals surface area contributed by atoms with Crippen LogP contribution in [-0.4, -0.2) is 23.1 Å². The largest absolute Gasteiger partial charge is 0.492 e. The van der Waals surface area contributed by atoms with E-state index in [2.05, 4.69) is 29.1 Å². The topological polar surface area (TPSA) is 73.1 Å². The first-order chi connectivity index (χ1) is 10.0. The predicted octanol–water partition coefficient (Wildman–Crippen LogP) is 2.98. The smallest absolute Gasteiger partial charge is 0.223 e. The van der Waals surface area contributed by atoms with Crippen LogP contribution < -0.4 is 15.8 Å². The van der Waals surface area contributed by atoms with Crippen molar-refractivity contribution in [3.05, 3.63) is 41.7 Å². The number of nitrogens with one attached hydrogen (secondary N) is 1. The second kappa shape index (κ2) is 6.92. The zero-order valence-corrected chi connectivity index (χ0v) is 12.8. The van der Waals surface area contributed by atoms with Crippen molar-refractivity contribution in [3.63, 3.8) is 0 Å². The van der Waals surface area contributed by atoms with Gasteiger partial charge in [0, 0.05) is 17.1 Å². The van der Waals surface area contributed by atoms with Crippen LogP contribution in [0.5, 0.6) is 5.75 Å². The van der Waals surface area contributed by atoms with Crippen molar-refractivity contribution >= 4 is 11.6 Å². The number of hydrogen-bond donors (Lipinski definition) is 2. The van der Waals surface area contributed by atoms with Crippen LogP contribution >= 0.6 is 0 Å². The highest BCUT2D eigenvalue weighted by molar-refractivity contribution is 5.41. The molecule has 0 saturated carbocycles. The Bertz CT molecular complexity index is 581. The molecule has 1 heterocycles. The van der Waals surface area contributed by atoms with Crippen LogP contribution in [0.3, 0.4) is 0 Å². The van der Waals surface area contributed by atoms with Gasteiger partial charge in [0.15, 0.2) is 0 Å². The summed E-state index contributed by atoms with van der Waals surface area (Å²) in [5, 5.41) is 3.19. The molecule has 0 saturated heterocycles. The average Bonchev–Trinajstić information content (AvgIpc) is 2.45. The van der Waals surface area contributed by atoms with Crippen molar-refractivity contribution < 1.29 is 4.74 Å². The molecule has 1 aromatic heterocycles. The van der Waals surface area contributed by atoms with Crippen LogP contribution in [0.1, 0.15) is 31.2 Å². The van der Waals surface area contributed by atoms with Crippen LogP contribution in [-0.2, 0) is 0 Å². The molecular formula is C16H22N4O. The van der Waals surface area contributed by atoms with E-state index in [0.717, 1.165) is 22.8 Å². The van der Waals surface area contributed by atoms with Crippen molar-refractivity contribution in [2.45, 2.75) is 26.7 Å². The number of aromatic nitrogens is 2. The Labute approximate surface area is 125 Å². The van der Waals surface area contributed by atoms with Gasteiger partial charge >= 0.3 is 0 Å². The van der Waals surface area contributed by atoms with E-state index < -0.39 is 0 Å². The molecule has 0 aliphatic rings. The number of hydrogen-bond acceptors (Lipinski definition) is 5. The third kappa shape index (κ3) is 4.63. The van der Waals surface area contributed by atoms with E-state index in [0.29, 0.717) is 25.0 Å². The first-order valence-electron chi connectivity index (χ1n) is 7.12. The van der Waals surface area contributed by atoms with E-state index in [9.17, 15) is 0 Å². The Kier molecular flexibility index (Phi) is 4.98. The van der Waals surface area contributed by atoms with E-state index in [-0.39, 0.29) is 0 Å². The van der Waals surface area contributed by atoms with Gasteiger partial charge in [-0.2, -0.15) is 0 Å². The normalized spacial score (nSPS) is 10.7. The van der Waals surface area contributed by atoms with Crippen LogP contribution in [0.4, 0.5) is 11.6 Å². The van der Waals surface area contributed by atoms with Gasteiger partial charge in [0.1, 0.15) is 12.4 Å². The van der Waals surface area contributed by atoms with E-state index in [1.165, 1.54) is 0 Å². The second-order valence-electron chi connectivity index (χ2n) is 5.26. The fraction of sp³-hybridized carbons (Fsp3) is 0.375. The average molecular weight is 286 g/mol. The molecule has 3 N–H and O–H groups in total. The summed E-state index contributed by atoms with van der Waals surface area (Å²) in [6, 6.07) is 9.37. The van der Waals surface area contributed by atoms with E-state index in [1.54, 1.807) is 0 Å². The second-order valence-corrected chi connectivity index (χ2v) is 5.26. The third-order valence-electron chi connectivity index (χ3n) is 3.00. The van der Waals surface area contributed by atoms with Gasteiger partial charge in [0.2, 0.25) is 5.95 Å². The zero-order valence-electron chi connectivity index (χ0n) is 12.8. The quantitative estimate of drug-likeness (QED) is 0.631. The van der Waals surface area contributed by atoms with Crippen molar-refractivity contribution in [2.24, 2.45) is 0 Å². The molecule has 0 amide bonds. The molecule has 112 valence electrons. The van der Waals surface area contributed by atoms with Crippen LogP contribution in [0.2, 0.25) is 0 Å². The van der Waals surface area contributed by atoms with Gasteiger partial charge in [-0.3, -0.25) is 0 Å². The highest BCUT2D eigenvalue weighted by Crippen LogP contribution is 2.15. The van der Waals surface area contributed by atoms with Crippen LogP contribution in [0.25, 0.3) is 0 Å². The molecule has 0 bridgehead atoms. The lowest BCUT2D eigenvalue weighted by atomic mass is 10.1. The van der Waals surface area contributed by atoms with Crippen molar-refractivity contribution in [1.82, 2.24) is 9.97 Å². The molecule has 21 heavy (non-hydrogen) atoms. The molecule has 0 fully saturated rings. The van der Waals surface area contributed by atoms with E-state index >= 15 is 0 Å². The summed E-state index contributed by atoms with van der Waals surface area (Å²) in [7, 11) is 0. The fourth-order valence-corrected chi connectivity index (χ4v) is 1.86. The van der Waals surface area contributed by atoms with Gasteiger partial charge in [-0.05, 0) is 43.2 Å². The van der Waals surface area contributed by atoms with Gasteiger partial charge in [-0.1, -0.05) is 13.8 Å². The maximum absolute atomic E-state index is 5.63. The summed E-state index contributed by atoms with van der Waals surface area (Å²) in [4.78, 5) is 8.87. The highest BCUT2D eigenvalue weighted by atomic mass is 16.5. The molecule has 0 atom stereocenters. The maximum Gasteiger partial charge on any atom is 0.223 e.